The quantitative estimate of drug-likeness (QED) is 0.347. The second-order valence-electron chi connectivity index (χ2n) is 4.72. The molecule has 0 saturated heterocycles. The van der Waals surface area contributed by atoms with Crippen molar-refractivity contribution in [1.29, 1.82) is 0 Å². The van der Waals surface area contributed by atoms with E-state index in [4.69, 9.17) is 4.74 Å². The summed E-state index contributed by atoms with van der Waals surface area (Å²) in [6.45, 7) is 4.07. The molecule has 0 aliphatic heterocycles. The lowest BCUT2D eigenvalue weighted by molar-refractivity contribution is 0.239. The van der Waals surface area contributed by atoms with E-state index in [9.17, 15) is 0 Å². The minimum atomic E-state index is 0.172. The zero-order chi connectivity index (χ0) is 15.2. The topological polar surface area (TPSA) is 33.6 Å². The van der Waals surface area contributed by atoms with Gasteiger partial charge in [0.05, 0.1) is 25.1 Å². The Bertz CT molecular complexity index is 604. The zero-order valence-corrected chi connectivity index (χ0v) is 16.1. The van der Waals surface area contributed by atoms with Crippen molar-refractivity contribution in [2.45, 2.75) is 20.0 Å². The van der Waals surface area contributed by atoms with Gasteiger partial charge in [-0.15, -0.1) is 0 Å². The van der Waals surface area contributed by atoms with Crippen molar-refractivity contribution in [3.63, 3.8) is 0 Å². The number of halogens is 2. The first-order valence-corrected chi connectivity index (χ1v) is 8.72. The SMILES string of the molecule is CC(C)Oc1c(I)cc(/C=N\Nc2ccccc2)cc1I. The van der Waals surface area contributed by atoms with Crippen LogP contribution in [0.25, 0.3) is 0 Å². The van der Waals surface area contributed by atoms with E-state index in [0.29, 0.717) is 0 Å². The first kappa shape index (κ1) is 16.5. The second kappa shape index (κ2) is 7.98. The van der Waals surface area contributed by atoms with Gasteiger partial charge in [0.15, 0.2) is 0 Å². The molecule has 0 aliphatic rings. The summed E-state index contributed by atoms with van der Waals surface area (Å²) in [4.78, 5) is 0. The number of ether oxygens (including phenoxy) is 1. The molecule has 0 radical (unpaired) electrons. The van der Waals surface area contributed by atoms with Gasteiger partial charge in [0.25, 0.3) is 0 Å². The summed E-state index contributed by atoms with van der Waals surface area (Å²) in [6, 6.07) is 14.0. The minimum absolute atomic E-state index is 0.172. The zero-order valence-electron chi connectivity index (χ0n) is 11.8. The van der Waals surface area contributed by atoms with Gasteiger partial charge in [-0.1, -0.05) is 18.2 Å². The van der Waals surface area contributed by atoms with Crippen LogP contribution in [0.15, 0.2) is 47.6 Å². The Balaban J connectivity index is 2.11. The number of nitrogens with one attached hydrogen (secondary N) is 1. The number of hydrazone groups is 1. The third-order valence-electron chi connectivity index (χ3n) is 2.56. The summed E-state index contributed by atoms with van der Waals surface area (Å²) >= 11 is 4.59. The molecule has 5 heteroatoms. The number of anilines is 1. The molecule has 110 valence electrons. The fraction of sp³-hybridized carbons (Fsp3) is 0.188. The van der Waals surface area contributed by atoms with Gasteiger partial charge in [0, 0.05) is 0 Å². The maximum atomic E-state index is 5.83. The van der Waals surface area contributed by atoms with E-state index in [1.165, 1.54) is 0 Å². The average molecular weight is 506 g/mol. The van der Waals surface area contributed by atoms with Gasteiger partial charge in [-0.05, 0) is 88.9 Å². The van der Waals surface area contributed by atoms with Crippen molar-refractivity contribution in [2.24, 2.45) is 5.10 Å². The molecule has 0 bridgehead atoms. The fourth-order valence-corrected chi connectivity index (χ4v) is 3.77. The first-order chi connectivity index (χ1) is 10.1. The second-order valence-corrected chi connectivity index (χ2v) is 7.04. The van der Waals surface area contributed by atoms with Crippen LogP contribution in [0.5, 0.6) is 5.75 Å². The Morgan fingerprint density at radius 2 is 1.71 bits per heavy atom. The highest BCUT2D eigenvalue weighted by Crippen LogP contribution is 2.29. The summed E-state index contributed by atoms with van der Waals surface area (Å²) in [5.41, 5.74) is 5.03. The molecule has 0 heterocycles. The van der Waals surface area contributed by atoms with Crippen molar-refractivity contribution >= 4 is 57.1 Å². The van der Waals surface area contributed by atoms with E-state index in [1.807, 2.05) is 50.4 Å². The highest BCUT2D eigenvalue weighted by molar-refractivity contribution is 14.1. The number of benzene rings is 2. The smallest absolute Gasteiger partial charge is 0.146 e. The highest BCUT2D eigenvalue weighted by Gasteiger charge is 2.09. The third-order valence-corrected chi connectivity index (χ3v) is 4.16. The molecule has 2 aromatic rings. The standard InChI is InChI=1S/C16H16I2N2O/c1-11(2)21-16-14(17)8-12(9-15(16)18)10-19-20-13-6-4-3-5-7-13/h3-11,20H,1-2H3/b19-10-. The van der Waals surface area contributed by atoms with Crippen LogP contribution in [-0.2, 0) is 0 Å². The molecule has 0 aliphatic carbocycles. The van der Waals surface area contributed by atoms with Crippen LogP contribution in [0.3, 0.4) is 0 Å². The summed E-state index contributed by atoms with van der Waals surface area (Å²) in [5, 5.41) is 4.26. The van der Waals surface area contributed by atoms with Crippen LogP contribution in [0.1, 0.15) is 19.4 Å². The van der Waals surface area contributed by atoms with E-state index in [-0.39, 0.29) is 6.10 Å². The highest BCUT2D eigenvalue weighted by atomic mass is 127. The van der Waals surface area contributed by atoms with E-state index in [1.54, 1.807) is 0 Å². The van der Waals surface area contributed by atoms with Gasteiger partial charge in [-0.25, -0.2) is 0 Å². The van der Waals surface area contributed by atoms with Crippen molar-refractivity contribution < 1.29 is 4.74 Å². The Morgan fingerprint density at radius 1 is 1.10 bits per heavy atom. The molecule has 0 fully saturated rings. The number of hydrogen-bond acceptors (Lipinski definition) is 3. The summed E-state index contributed by atoms with van der Waals surface area (Å²) in [6.07, 6.45) is 1.99. The van der Waals surface area contributed by atoms with Crippen LogP contribution in [-0.4, -0.2) is 12.3 Å². The largest absolute Gasteiger partial charge is 0.489 e. The van der Waals surface area contributed by atoms with E-state index in [0.717, 1.165) is 24.1 Å². The lowest BCUT2D eigenvalue weighted by Gasteiger charge is -2.14. The molecule has 0 aromatic heterocycles. The van der Waals surface area contributed by atoms with E-state index < -0.39 is 0 Å². The van der Waals surface area contributed by atoms with Crippen LogP contribution in [0.4, 0.5) is 5.69 Å². The number of nitrogens with zero attached hydrogens (tertiary/aromatic N) is 1. The molecule has 0 spiro atoms. The molecule has 0 atom stereocenters. The van der Waals surface area contributed by atoms with Crippen LogP contribution >= 0.6 is 45.2 Å². The Labute approximate surface area is 152 Å². The monoisotopic (exact) mass is 506 g/mol. The Hall–Kier alpha value is -0.830. The van der Waals surface area contributed by atoms with Crippen molar-refractivity contribution in [1.82, 2.24) is 0 Å². The Morgan fingerprint density at radius 3 is 2.29 bits per heavy atom. The van der Waals surface area contributed by atoms with Crippen LogP contribution in [0, 0.1) is 7.14 Å². The summed E-state index contributed by atoms with van der Waals surface area (Å²) < 4.78 is 8.01. The molecule has 21 heavy (non-hydrogen) atoms. The number of rotatable bonds is 5. The maximum Gasteiger partial charge on any atom is 0.146 e. The van der Waals surface area contributed by atoms with Gasteiger partial charge in [-0.2, -0.15) is 5.10 Å². The Kier molecular flexibility index (Phi) is 6.28. The van der Waals surface area contributed by atoms with Gasteiger partial charge in [0.1, 0.15) is 5.75 Å². The normalized spacial score (nSPS) is 11.1. The number of hydrogen-bond donors (Lipinski definition) is 1. The third kappa shape index (κ3) is 5.14. The average Bonchev–Trinajstić information content (AvgIpc) is 2.44. The molecule has 1 N–H and O–H groups in total. The van der Waals surface area contributed by atoms with E-state index in [2.05, 4.69) is 67.8 Å². The molecular formula is C16H16I2N2O. The first-order valence-electron chi connectivity index (χ1n) is 6.56. The van der Waals surface area contributed by atoms with Gasteiger partial charge >= 0.3 is 0 Å². The number of para-hydroxylation sites is 1. The van der Waals surface area contributed by atoms with Gasteiger partial charge in [0.2, 0.25) is 0 Å². The van der Waals surface area contributed by atoms with Crippen molar-refractivity contribution in [2.75, 3.05) is 5.43 Å². The van der Waals surface area contributed by atoms with E-state index >= 15 is 0 Å². The molecule has 2 rings (SSSR count). The fourth-order valence-electron chi connectivity index (χ4n) is 1.70. The maximum absolute atomic E-state index is 5.83. The molecule has 0 saturated carbocycles. The summed E-state index contributed by atoms with van der Waals surface area (Å²) in [7, 11) is 0. The molecule has 2 aromatic carbocycles. The lowest BCUT2D eigenvalue weighted by atomic mass is 10.2. The van der Waals surface area contributed by atoms with Gasteiger partial charge in [-0.3, -0.25) is 5.43 Å². The van der Waals surface area contributed by atoms with Crippen molar-refractivity contribution in [3.05, 3.63) is 55.2 Å². The molecule has 3 nitrogen and oxygen atoms in total. The van der Waals surface area contributed by atoms with Crippen LogP contribution in [0.2, 0.25) is 0 Å². The molecular weight excluding hydrogens is 490 g/mol. The molecule has 0 unspecified atom stereocenters. The van der Waals surface area contributed by atoms with Crippen LogP contribution < -0.4 is 10.2 Å². The molecule has 0 amide bonds. The predicted octanol–water partition coefficient (Wildman–Crippen LogP) is 5.13. The summed E-state index contributed by atoms with van der Waals surface area (Å²) in [5.74, 6) is 0.944. The van der Waals surface area contributed by atoms with Crippen molar-refractivity contribution in [3.8, 4) is 5.75 Å². The lowest BCUT2D eigenvalue weighted by Crippen LogP contribution is -2.08. The minimum Gasteiger partial charge on any atom is -0.489 e. The predicted molar refractivity (Wildman–Crippen MR) is 105 cm³/mol. The van der Waals surface area contributed by atoms with Gasteiger partial charge < -0.3 is 4.74 Å².